The van der Waals surface area contributed by atoms with Gasteiger partial charge in [-0.15, -0.1) is 0 Å². The number of anilines is 1. The number of thiazole rings is 1. The number of nitrogens with one attached hydrogen (secondary N) is 1. The van der Waals surface area contributed by atoms with E-state index in [1.165, 1.54) is 6.20 Å². The van der Waals surface area contributed by atoms with Crippen molar-refractivity contribution in [2.45, 2.75) is 13.0 Å². The molecule has 0 unspecified atom stereocenters. The van der Waals surface area contributed by atoms with Crippen LogP contribution in [-0.4, -0.2) is 35.6 Å². The van der Waals surface area contributed by atoms with Crippen molar-refractivity contribution in [1.82, 2.24) is 10.3 Å². The molecular weight excluding hydrogens is 216 g/mol. The molecule has 0 radical (unpaired) electrons. The van der Waals surface area contributed by atoms with Gasteiger partial charge in [0.1, 0.15) is 6.20 Å². The molecule has 6 nitrogen and oxygen atoms in total. The van der Waals surface area contributed by atoms with Crippen molar-refractivity contribution in [2.24, 2.45) is 0 Å². The van der Waals surface area contributed by atoms with Crippen LogP contribution in [0.1, 0.15) is 6.92 Å². The second kappa shape index (κ2) is 4.11. The van der Waals surface area contributed by atoms with E-state index in [0.717, 1.165) is 36.1 Å². The van der Waals surface area contributed by atoms with Gasteiger partial charge in [0, 0.05) is 25.7 Å². The van der Waals surface area contributed by atoms with Crippen LogP contribution in [0.25, 0.3) is 0 Å². The molecule has 1 fully saturated rings. The van der Waals surface area contributed by atoms with Gasteiger partial charge in [-0.2, -0.15) is 0 Å². The Kier molecular flexibility index (Phi) is 2.83. The lowest BCUT2D eigenvalue weighted by Crippen LogP contribution is -2.49. The van der Waals surface area contributed by atoms with Crippen LogP contribution >= 0.6 is 11.3 Å². The predicted molar refractivity (Wildman–Crippen MR) is 58.4 cm³/mol. The van der Waals surface area contributed by atoms with Gasteiger partial charge in [-0.05, 0) is 18.3 Å². The highest BCUT2D eigenvalue weighted by Gasteiger charge is 2.21. The molecule has 1 N–H and O–H groups in total. The second-order valence-corrected chi connectivity index (χ2v) is 4.53. The summed E-state index contributed by atoms with van der Waals surface area (Å²) >= 11 is 1.14. The molecule has 1 aliphatic heterocycles. The summed E-state index contributed by atoms with van der Waals surface area (Å²) in [6.45, 7) is 4.70. The van der Waals surface area contributed by atoms with E-state index in [2.05, 4.69) is 22.1 Å². The van der Waals surface area contributed by atoms with Crippen molar-refractivity contribution in [3.8, 4) is 0 Å². The number of hydrogen-bond donors (Lipinski definition) is 1. The first-order chi connectivity index (χ1) is 7.16. The normalized spacial score (nSPS) is 21.7. The van der Waals surface area contributed by atoms with Gasteiger partial charge in [-0.25, -0.2) is 4.98 Å². The lowest BCUT2D eigenvalue weighted by Gasteiger charge is -2.31. The monoisotopic (exact) mass is 228 g/mol. The first-order valence-electron chi connectivity index (χ1n) is 4.75. The molecule has 1 aliphatic rings. The van der Waals surface area contributed by atoms with E-state index in [4.69, 9.17) is 0 Å². The van der Waals surface area contributed by atoms with Gasteiger partial charge in [0.15, 0.2) is 5.13 Å². The van der Waals surface area contributed by atoms with Gasteiger partial charge in [-0.3, -0.25) is 10.1 Å². The molecule has 15 heavy (non-hydrogen) atoms. The third-order valence-electron chi connectivity index (χ3n) is 2.30. The van der Waals surface area contributed by atoms with E-state index in [1.54, 1.807) is 0 Å². The van der Waals surface area contributed by atoms with Crippen LogP contribution in [0.15, 0.2) is 6.20 Å². The Balaban J connectivity index is 2.11. The zero-order chi connectivity index (χ0) is 10.8. The standard InChI is InChI=1S/C8H12N4O2S/c1-6-5-11(3-2-9-6)8-10-4-7(15-8)12(13)14/h4,6,9H,2-3,5H2,1H3/t6-/m1/s1. The summed E-state index contributed by atoms with van der Waals surface area (Å²) in [6.07, 6.45) is 1.33. The average Bonchev–Trinajstić information content (AvgIpc) is 2.66. The van der Waals surface area contributed by atoms with Gasteiger partial charge >= 0.3 is 5.00 Å². The predicted octanol–water partition coefficient (Wildman–Crippen LogP) is 0.849. The third-order valence-corrected chi connectivity index (χ3v) is 3.31. The smallest absolute Gasteiger partial charge is 0.345 e. The Labute approximate surface area is 91.1 Å². The Morgan fingerprint density at radius 3 is 3.20 bits per heavy atom. The van der Waals surface area contributed by atoms with Crippen molar-refractivity contribution in [2.75, 3.05) is 24.5 Å². The molecule has 0 amide bonds. The van der Waals surface area contributed by atoms with E-state index in [0.29, 0.717) is 6.04 Å². The van der Waals surface area contributed by atoms with E-state index < -0.39 is 4.92 Å². The minimum Gasteiger partial charge on any atom is -0.345 e. The molecule has 1 aromatic heterocycles. The Morgan fingerprint density at radius 1 is 1.80 bits per heavy atom. The van der Waals surface area contributed by atoms with Crippen molar-refractivity contribution in [3.63, 3.8) is 0 Å². The van der Waals surface area contributed by atoms with Crippen LogP contribution in [-0.2, 0) is 0 Å². The number of hydrogen-bond acceptors (Lipinski definition) is 6. The summed E-state index contributed by atoms with van der Waals surface area (Å²) < 4.78 is 0. The number of nitro groups is 1. The van der Waals surface area contributed by atoms with Crippen molar-refractivity contribution in [3.05, 3.63) is 16.3 Å². The zero-order valence-corrected chi connectivity index (χ0v) is 9.16. The fourth-order valence-electron chi connectivity index (χ4n) is 1.59. The Bertz CT molecular complexity index is 367. The quantitative estimate of drug-likeness (QED) is 0.600. The fraction of sp³-hybridized carbons (Fsp3) is 0.625. The van der Waals surface area contributed by atoms with E-state index in [1.807, 2.05) is 0 Å². The number of piperazine rings is 1. The largest absolute Gasteiger partial charge is 0.345 e. The Morgan fingerprint density at radius 2 is 2.60 bits per heavy atom. The molecule has 0 bridgehead atoms. The summed E-state index contributed by atoms with van der Waals surface area (Å²) in [5.41, 5.74) is 0. The summed E-state index contributed by atoms with van der Waals surface area (Å²) in [5.74, 6) is 0. The van der Waals surface area contributed by atoms with Crippen LogP contribution in [0.3, 0.4) is 0 Å². The highest BCUT2D eigenvalue weighted by atomic mass is 32.1. The lowest BCUT2D eigenvalue weighted by molar-refractivity contribution is -0.380. The van der Waals surface area contributed by atoms with E-state index in [9.17, 15) is 10.1 Å². The van der Waals surface area contributed by atoms with Crippen molar-refractivity contribution >= 4 is 21.5 Å². The van der Waals surface area contributed by atoms with Gasteiger partial charge in [0.05, 0.1) is 4.92 Å². The zero-order valence-electron chi connectivity index (χ0n) is 8.34. The molecule has 0 saturated carbocycles. The molecule has 2 rings (SSSR count). The maximum absolute atomic E-state index is 10.5. The van der Waals surface area contributed by atoms with Gasteiger partial charge in [0.25, 0.3) is 0 Å². The molecule has 1 atom stereocenters. The number of nitrogens with zero attached hydrogens (tertiary/aromatic N) is 3. The van der Waals surface area contributed by atoms with Crippen LogP contribution < -0.4 is 10.2 Å². The second-order valence-electron chi connectivity index (χ2n) is 3.54. The van der Waals surface area contributed by atoms with E-state index in [-0.39, 0.29) is 5.00 Å². The topological polar surface area (TPSA) is 71.3 Å². The van der Waals surface area contributed by atoms with E-state index >= 15 is 0 Å². The minimum absolute atomic E-state index is 0.108. The van der Waals surface area contributed by atoms with Crippen LogP contribution in [0, 0.1) is 10.1 Å². The van der Waals surface area contributed by atoms with Crippen molar-refractivity contribution in [1.29, 1.82) is 0 Å². The average molecular weight is 228 g/mol. The molecule has 82 valence electrons. The molecule has 2 heterocycles. The molecule has 7 heteroatoms. The SMILES string of the molecule is C[C@@H]1CN(c2ncc([N+](=O)[O-])s2)CCN1. The summed E-state index contributed by atoms with van der Waals surface area (Å²) in [4.78, 5) is 16.3. The Hall–Kier alpha value is -1.21. The first kappa shape index (κ1) is 10.3. The molecule has 0 aliphatic carbocycles. The van der Waals surface area contributed by atoms with Crippen molar-refractivity contribution < 1.29 is 4.92 Å². The first-order valence-corrected chi connectivity index (χ1v) is 5.57. The van der Waals surface area contributed by atoms with Gasteiger partial charge in [-0.1, -0.05) is 0 Å². The van der Waals surface area contributed by atoms with Gasteiger partial charge < -0.3 is 10.2 Å². The number of aromatic nitrogens is 1. The fourth-order valence-corrected chi connectivity index (χ4v) is 2.36. The maximum atomic E-state index is 10.5. The van der Waals surface area contributed by atoms with Crippen LogP contribution in [0.5, 0.6) is 0 Å². The highest BCUT2D eigenvalue weighted by Crippen LogP contribution is 2.28. The molecule has 0 spiro atoms. The lowest BCUT2D eigenvalue weighted by atomic mass is 10.2. The summed E-state index contributed by atoms with van der Waals surface area (Å²) in [5, 5.41) is 14.7. The number of rotatable bonds is 2. The maximum Gasteiger partial charge on any atom is 0.345 e. The molecule has 0 aromatic carbocycles. The minimum atomic E-state index is -0.396. The molecule has 1 saturated heterocycles. The van der Waals surface area contributed by atoms with Gasteiger partial charge in [0.2, 0.25) is 0 Å². The molecular formula is C8H12N4O2S. The third kappa shape index (κ3) is 2.24. The summed E-state index contributed by atoms with van der Waals surface area (Å²) in [6, 6.07) is 0.404. The van der Waals surface area contributed by atoms with Crippen LogP contribution in [0.2, 0.25) is 0 Å². The summed E-state index contributed by atoms with van der Waals surface area (Å²) in [7, 11) is 0. The molecule has 1 aromatic rings. The van der Waals surface area contributed by atoms with Crippen LogP contribution in [0.4, 0.5) is 10.1 Å². The highest BCUT2D eigenvalue weighted by molar-refractivity contribution is 7.18.